The molecule has 1 aromatic heterocycles. The van der Waals surface area contributed by atoms with Gasteiger partial charge in [0.25, 0.3) is 0 Å². The smallest absolute Gasteiger partial charge is 0.241 e. The number of nitrogen functional groups attached to an aromatic ring is 1. The average molecular weight is 299 g/mol. The lowest BCUT2D eigenvalue weighted by molar-refractivity contribution is 0.559. The van der Waals surface area contributed by atoms with Crippen LogP contribution in [0.3, 0.4) is 0 Å². The Morgan fingerprint density at radius 3 is 2.75 bits per heavy atom. The first kappa shape index (κ1) is 14.4. The van der Waals surface area contributed by atoms with Crippen LogP contribution in [0.1, 0.15) is 24.4 Å². The molecule has 0 fully saturated rings. The number of nitrogens with one attached hydrogen (secondary N) is 2. The summed E-state index contributed by atoms with van der Waals surface area (Å²) in [6.45, 7) is 3.11. The van der Waals surface area contributed by atoms with E-state index in [2.05, 4.69) is 19.9 Å². The largest absolute Gasteiger partial charge is 0.396 e. The van der Waals surface area contributed by atoms with Gasteiger partial charge in [0, 0.05) is 0 Å². The molecule has 0 saturated heterocycles. The highest BCUT2D eigenvalue weighted by Crippen LogP contribution is 2.22. The van der Waals surface area contributed by atoms with Gasteiger partial charge in [-0.25, -0.2) is 22.5 Å². The topological polar surface area (TPSA) is 114 Å². The van der Waals surface area contributed by atoms with Crippen LogP contribution in [0.15, 0.2) is 23.4 Å². The van der Waals surface area contributed by atoms with Gasteiger partial charge in [-0.1, -0.05) is 0 Å². The third-order valence-corrected chi connectivity index (χ3v) is 4.44. The number of H-pyrrole nitrogens is 1. The molecular weight excluding hydrogens is 285 g/mol. The number of anilines is 1. The zero-order valence-corrected chi connectivity index (χ0v) is 11.7. The summed E-state index contributed by atoms with van der Waals surface area (Å²) in [4.78, 5) is 3.80. The number of nitrogens with zero attached hydrogens (tertiary/aromatic N) is 2. The van der Waals surface area contributed by atoms with E-state index in [1.807, 2.05) is 0 Å². The minimum atomic E-state index is -3.84. The Balaban J connectivity index is 2.34. The summed E-state index contributed by atoms with van der Waals surface area (Å²) < 4.78 is 40.2. The highest BCUT2D eigenvalue weighted by atomic mass is 32.2. The van der Waals surface area contributed by atoms with E-state index in [0.717, 1.165) is 12.1 Å². The highest BCUT2D eigenvalue weighted by Gasteiger charge is 2.22. The second-order valence-electron chi connectivity index (χ2n) is 4.35. The molecule has 0 saturated carbocycles. The van der Waals surface area contributed by atoms with Crippen LogP contribution in [0.5, 0.6) is 0 Å². The van der Waals surface area contributed by atoms with Crippen LogP contribution in [0.4, 0.5) is 10.1 Å². The first-order chi connectivity index (χ1) is 9.31. The number of nitrogens with two attached hydrogens (primary N) is 1. The molecule has 0 bridgehead atoms. The average Bonchev–Trinajstić information content (AvgIpc) is 2.86. The minimum Gasteiger partial charge on any atom is -0.396 e. The van der Waals surface area contributed by atoms with E-state index in [4.69, 9.17) is 5.73 Å². The first-order valence-electron chi connectivity index (χ1n) is 5.74. The fraction of sp³-hybridized carbons (Fsp3) is 0.273. The molecule has 1 atom stereocenters. The summed E-state index contributed by atoms with van der Waals surface area (Å²) in [5.74, 6) is -0.272. The van der Waals surface area contributed by atoms with Crippen LogP contribution in [0, 0.1) is 12.7 Å². The van der Waals surface area contributed by atoms with E-state index >= 15 is 0 Å². The quantitative estimate of drug-likeness (QED) is 0.725. The molecule has 0 radical (unpaired) electrons. The van der Waals surface area contributed by atoms with Gasteiger partial charge in [-0.2, -0.15) is 5.10 Å². The Kier molecular flexibility index (Phi) is 3.73. The number of hydrogen-bond donors (Lipinski definition) is 3. The molecule has 0 aliphatic carbocycles. The number of halogens is 1. The summed E-state index contributed by atoms with van der Waals surface area (Å²) in [5, 5.41) is 6.22. The number of rotatable bonds is 4. The third kappa shape index (κ3) is 2.78. The van der Waals surface area contributed by atoms with Crippen molar-refractivity contribution in [3.8, 4) is 0 Å². The number of aryl methyl sites for hydroxylation is 1. The van der Waals surface area contributed by atoms with Crippen molar-refractivity contribution >= 4 is 15.7 Å². The predicted octanol–water partition coefficient (Wildman–Crippen LogP) is 0.874. The highest BCUT2D eigenvalue weighted by molar-refractivity contribution is 7.89. The molecule has 1 unspecified atom stereocenters. The van der Waals surface area contributed by atoms with Crippen molar-refractivity contribution in [2.45, 2.75) is 24.8 Å². The zero-order valence-electron chi connectivity index (χ0n) is 10.9. The molecule has 0 amide bonds. The van der Waals surface area contributed by atoms with Gasteiger partial charge in [0.15, 0.2) is 0 Å². The summed E-state index contributed by atoms with van der Waals surface area (Å²) in [5.41, 5.74) is 5.47. The fourth-order valence-electron chi connectivity index (χ4n) is 1.73. The van der Waals surface area contributed by atoms with Gasteiger partial charge in [-0.05, 0) is 31.5 Å². The SMILES string of the molecule is Cc1cc(F)c(N)cc1S(=O)(=O)NC(C)c1ncn[nH]1. The van der Waals surface area contributed by atoms with Crippen molar-refractivity contribution in [2.75, 3.05) is 5.73 Å². The maximum atomic E-state index is 13.3. The van der Waals surface area contributed by atoms with E-state index in [9.17, 15) is 12.8 Å². The summed E-state index contributed by atoms with van der Waals surface area (Å²) >= 11 is 0. The molecule has 2 rings (SSSR count). The van der Waals surface area contributed by atoms with Crippen LogP contribution in [0.25, 0.3) is 0 Å². The molecule has 20 heavy (non-hydrogen) atoms. The number of hydrogen-bond acceptors (Lipinski definition) is 5. The second kappa shape index (κ2) is 5.17. The van der Waals surface area contributed by atoms with Crippen molar-refractivity contribution in [1.82, 2.24) is 19.9 Å². The molecule has 108 valence electrons. The van der Waals surface area contributed by atoms with E-state index in [1.165, 1.54) is 13.3 Å². The normalized spacial score (nSPS) is 13.3. The maximum Gasteiger partial charge on any atom is 0.241 e. The van der Waals surface area contributed by atoms with Crippen molar-refractivity contribution in [3.05, 3.63) is 35.7 Å². The maximum absolute atomic E-state index is 13.3. The van der Waals surface area contributed by atoms with E-state index in [-0.39, 0.29) is 16.1 Å². The fourth-order valence-corrected chi connectivity index (χ4v) is 3.20. The standard InChI is InChI=1S/C11H14FN5O2S/c1-6-3-8(12)9(13)4-10(6)20(18,19)17-7(2)11-14-5-15-16-11/h3-5,7,17H,13H2,1-2H3,(H,14,15,16). The van der Waals surface area contributed by atoms with E-state index in [1.54, 1.807) is 6.92 Å². The summed E-state index contributed by atoms with van der Waals surface area (Å²) in [6, 6.07) is 1.58. The van der Waals surface area contributed by atoms with Crippen molar-refractivity contribution in [1.29, 1.82) is 0 Å². The predicted molar refractivity (Wildman–Crippen MR) is 70.7 cm³/mol. The lowest BCUT2D eigenvalue weighted by atomic mass is 10.2. The van der Waals surface area contributed by atoms with E-state index < -0.39 is 21.9 Å². The summed E-state index contributed by atoms with van der Waals surface area (Å²) in [6.07, 6.45) is 1.28. The van der Waals surface area contributed by atoms with Crippen LogP contribution < -0.4 is 10.5 Å². The molecule has 0 aliphatic rings. The Morgan fingerprint density at radius 1 is 1.45 bits per heavy atom. The van der Waals surface area contributed by atoms with Crippen LogP contribution in [0.2, 0.25) is 0 Å². The van der Waals surface area contributed by atoms with Crippen molar-refractivity contribution in [2.24, 2.45) is 0 Å². The molecule has 2 aromatic rings. The second-order valence-corrected chi connectivity index (χ2v) is 6.04. The van der Waals surface area contributed by atoms with Crippen LogP contribution >= 0.6 is 0 Å². The Hall–Kier alpha value is -2.00. The van der Waals surface area contributed by atoms with Gasteiger partial charge in [-0.3, -0.25) is 5.10 Å². The Morgan fingerprint density at radius 2 is 2.15 bits per heavy atom. The summed E-state index contributed by atoms with van der Waals surface area (Å²) in [7, 11) is -3.84. The first-order valence-corrected chi connectivity index (χ1v) is 7.23. The van der Waals surface area contributed by atoms with Gasteiger partial charge in [0.05, 0.1) is 16.6 Å². The van der Waals surface area contributed by atoms with Crippen LogP contribution in [-0.4, -0.2) is 23.6 Å². The number of aromatic amines is 1. The molecule has 0 spiro atoms. The molecule has 7 nitrogen and oxygen atoms in total. The van der Waals surface area contributed by atoms with Crippen molar-refractivity contribution in [3.63, 3.8) is 0 Å². The third-order valence-electron chi connectivity index (χ3n) is 2.76. The Labute approximate surface area is 115 Å². The number of benzene rings is 1. The molecule has 1 aromatic carbocycles. The van der Waals surface area contributed by atoms with E-state index in [0.29, 0.717) is 5.82 Å². The minimum absolute atomic E-state index is 0.0669. The van der Waals surface area contributed by atoms with Gasteiger partial charge in [0.2, 0.25) is 10.0 Å². The van der Waals surface area contributed by atoms with Gasteiger partial charge in [0.1, 0.15) is 18.0 Å². The zero-order chi connectivity index (χ0) is 14.9. The molecule has 0 aliphatic heterocycles. The monoisotopic (exact) mass is 299 g/mol. The molecular formula is C11H14FN5O2S. The van der Waals surface area contributed by atoms with Crippen LogP contribution in [-0.2, 0) is 10.0 Å². The van der Waals surface area contributed by atoms with Gasteiger partial charge >= 0.3 is 0 Å². The molecule has 1 heterocycles. The number of sulfonamides is 1. The van der Waals surface area contributed by atoms with Gasteiger partial charge in [-0.15, -0.1) is 0 Å². The molecule has 4 N–H and O–H groups in total. The number of aromatic nitrogens is 3. The molecule has 9 heteroatoms. The lowest BCUT2D eigenvalue weighted by Gasteiger charge is -2.14. The lowest BCUT2D eigenvalue weighted by Crippen LogP contribution is -2.28. The Bertz CT molecular complexity index is 715. The van der Waals surface area contributed by atoms with Crippen molar-refractivity contribution < 1.29 is 12.8 Å². The van der Waals surface area contributed by atoms with Gasteiger partial charge < -0.3 is 5.73 Å².